The summed E-state index contributed by atoms with van der Waals surface area (Å²) in [7, 11) is 1.36. The summed E-state index contributed by atoms with van der Waals surface area (Å²) in [5.41, 5.74) is 6.41. The molecule has 0 unspecified atom stereocenters. The molecule has 1 fully saturated rings. The lowest BCUT2D eigenvalue weighted by Crippen LogP contribution is -2.34. The van der Waals surface area contributed by atoms with E-state index in [1.807, 2.05) is 6.92 Å². The highest BCUT2D eigenvalue weighted by molar-refractivity contribution is 5.92. The average Bonchev–Trinajstić information content (AvgIpc) is 2.76. The number of methoxy groups -OCH3 is 1. The van der Waals surface area contributed by atoms with Gasteiger partial charge in [0.25, 0.3) is 0 Å². The second-order valence-electron chi connectivity index (χ2n) is 5.50. The van der Waals surface area contributed by atoms with Crippen molar-refractivity contribution in [3.8, 4) is 0 Å². The van der Waals surface area contributed by atoms with Crippen molar-refractivity contribution in [2.24, 2.45) is 0 Å². The molecular weight excluding hydrogens is 242 g/mol. The molecule has 1 saturated carbocycles. The van der Waals surface area contributed by atoms with Gasteiger partial charge in [0.05, 0.1) is 7.11 Å². The first-order valence-corrected chi connectivity index (χ1v) is 6.99. The summed E-state index contributed by atoms with van der Waals surface area (Å²) < 4.78 is 6.82. The first-order chi connectivity index (χ1) is 9.03. The summed E-state index contributed by atoms with van der Waals surface area (Å²) >= 11 is 0. The number of ether oxygens (including phenoxy) is 1. The summed E-state index contributed by atoms with van der Waals surface area (Å²) in [5.74, 6) is 0.876. The Bertz CT molecular complexity index is 473. The average molecular weight is 265 g/mol. The van der Waals surface area contributed by atoms with Crippen LogP contribution in [0.4, 0.5) is 5.82 Å². The van der Waals surface area contributed by atoms with Crippen molar-refractivity contribution >= 4 is 11.8 Å². The van der Waals surface area contributed by atoms with Crippen LogP contribution in [0, 0.1) is 0 Å². The number of nitrogen functional groups attached to an aromatic ring is 1. The largest absolute Gasteiger partial charge is 0.464 e. The molecule has 0 aliphatic heterocycles. The van der Waals surface area contributed by atoms with E-state index < -0.39 is 5.97 Å². The highest BCUT2D eigenvalue weighted by Gasteiger charge is 2.34. The molecule has 0 bridgehead atoms. The van der Waals surface area contributed by atoms with Gasteiger partial charge in [-0.3, -0.25) is 0 Å². The Morgan fingerprint density at radius 1 is 1.42 bits per heavy atom. The van der Waals surface area contributed by atoms with Crippen LogP contribution in [0.1, 0.15) is 62.3 Å². The number of carbonyl (C=O) groups is 1. The molecule has 1 heterocycles. The third kappa shape index (κ3) is 2.33. The molecule has 106 valence electrons. The molecule has 0 radical (unpaired) electrons. The molecule has 1 aromatic rings. The van der Waals surface area contributed by atoms with Gasteiger partial charge in [0, 0.05) is 12.0 Å². The number of nitrogens with zero attached hydrogens (tertiary/aromatic N) is 2. The number of anilines is 1. The minimum absolute atomic E-state index is 0.0209. The highest BCUT2D eigenvalue weighted by atomic mass is 16.5. The zero-order valence-electron chi connectivity index (χ0n) is 12.0. The zero-order chi connectivity index (χ0) is 14.0. The topological polar surface area (TPSA) is 70.1 Å². The van der Waals surface area contributed by atoms with Gasteiger partial charge in [-0.15, -0.1) is 0 Å². The van der Waals surface area contributed by atoms with E-state index in [9.17, 15) is 4.79 Å². The monoisotopic (exact) mass is 265 g/mol. The lowest BCUT2D eigenvalue weighted by molar-refractivity contribution is 0.0595. The standard InChI is InChI=1S/C14H23N3O2/c1-4-10-16-11(13(18)19-3)12(15)17(10)14(2)8-6-5-7-9-14/h4-9,15H2,1-3H3. The maximum atomic E-state index is 11.7. The summed E-state index contributed by atoms with van der Waals surface area (Å²) in [6.45, 7) is 4.25. The number of aromatic nitrogens is 2. The van der Waals surface area contributed by atoms with E-state index in [-0.39, 0.29) is 11.2 Å². The molecule has 0 spiro atoms. The molecule has 1 aromatic heterocycles. The number of aryl methyl sites for hydroxylation is 1. The van der Waals surface area contributed by atoms with Crippen LogP contribution < -0.4 is 5.73 Å². The molecule has 1 aliphatic carbocycles. The number of hydrogen-bond donors (Lipinski definition) is 1. The first kappa shape index (κ1) is 13.9. The van der Waals surface area contributed by atoms with Gasteiger partial charge in [-0.05, 0) is 19.8 Å². The minimum atomic E-state index is -0.453. The lowest BCUT2D eigenvalue weighted by atomic mass is 9.83. The van der Waals surface area contributed by atoms with Gasteiger partial charge in [0.1, 0.15) is 11.6 Å². The molecular formula is C14H23N3O2. The highest BCUT2D eigenvalue weighted by Crippen LogP contribution is 2.38. The van der Waals surface area contributed by atoms with Crippen LogP contribution in [0.2, 0.25) is 0 Å². The molecule has 0 amide bonds. The van der Waals surface area contributed by atoms with Crippen LogP contribution in [-0.2, 0) is 16.7 Å². The van der Waals surface area contributed by atoms with Crippen LogP contribution in [0.25, 0.3) is 0 Å². The molecule has 0 aromatic carbocycles. The van der Waals surface area contributed by atoms with Gasteiger partial charge in [-0.25, -0.2) is 9.78 Å². The van der Waals surface area contributed by atoms with Crippen molar-refractivity contribution in [3.05, 3.63) is 11.5 Å². The van der Waals surface area contributed by atoms with E-state index in [1.54, 1.807) is 0 Å². The Morgan fingerprint density at radius 2 is 2.05 bits per heavy atom. The number of rotatable bonds is 3. The smallest absolute Gasteiger partial charge is 0.360 e. The zero-order valence-corrected chi connectivity index (χ0v) is 12.0. The molecule has 5 heteroatoms. The number of nitrogens with two attached hydrogens (primary N) is 1. The Hall–Kier alpha value is -1.52. The van der Waals surface area contributed by atoms with Crippen LogP contribution in [-0.4, -0.2) is 22.6 Å². The summed E-state index contributed by atoms with van der Waals surface area (Å²) in [4.78, 5) is 16.1. The summed E-state index contributed by atoms with van der Waals surface area (Å²) in [6.07, 6.45) is 6.60. The van der Waals surface area contributed by atoms with E-state index in [0.717, 1.165) is 25.1 Å². The number of hydrogen-bond acceptors (Lipinski definition) is 4. The fourth-order valence-corrected chi connectivity index (χ4v) is 3.10. The predicted octanol–water partition coefficient (Wildman–Crippen LogP) is 2.49. The third-order valence-corrected chi connectivity index (χ3v) is 4.15. The molecule has 5 nitrogen and oxygen atoms in total. The normalized spacial score (nSPS) is 18.3. The van der Waals surface area contributed by atoms with Crippen LogP contribution >= 0.6 is 0 Å². The van der Waals surface area contributed by atoms with Gasteiger partial charge in [0.2, 0.25) is 0 Å². The van der Waals surface area contributed by atoms with E-state index in [1.165, 1.54) is 26.4 Å². The molecule has 0 atom stereocenters. The number of imidazole rings is 1. The second kappa shape index (κ2) is 5.23. The van der Waals surface area contributed by atoms with Crippen molar-refractivity contribution in [1.29, 1.82) is 0 Å². The van der Waals surface area contributed by atoms with Crippen molar-refractivity contribution in [1.82, 2.24) is 9.55 Å². The second-order valence-corrected chi connectivity index (χ2v) is 5.50. The summed E-state index contributed by atoms with van der Waals surface area (Å²) in [6, 6.07) is 0. The maximum absolute atomic E-state index is 11.7. The Labute approximate surface area is 114 Å². The Kier molecular flexibility index (Phi) is 3.83. The molecule has 0 saturated heterocycles. The van der Waals surface area contributed by atoms with E-state index in [2.05, 4.69) is 16.5 Å². The van der Waals surface area contributed by atoms with Crippen molar-refractivity contribution in [2.45, 2.75) is 57.9 Å². The molecule has 2 N–H and O–H groups in total. The van der Waals surface area contributed by atoms with E-state index in [4.69, 9.17) is 10.5 Å². The third-order valence-electron chi connectivity index (χ3n) is 4.15. The van der Waals surface area contributed by atoms with Crippen LogP contribution in [0.3, 0.4) is 0 Å². The van der Waals surface area contributed by atoms with Crippen LogP contribution in [0.5, 0.6) is 0 Å². The first-order valence-electron chi connectivity index (χ1n) is 6.99. The Balaban J connectivity index is 2.49. The van der Waals surface area contributed by atoms with Crippen molar-refractivity contribution in [3.63, 3.8) is 0 Å². The van der Waals surface area contributed by atoms with Crippen molar-refractivity contribution < 1.29 is 9.53 Å². The minimum Gasteiger partial charge on any atom is -0.464 e. The van der Waals surface area contributed by atoms with Gasteiger partial charge in [0.15, 0.2) is 5.69 Å². The predicted molar refractivity (Wildman–Crippen MR) is 74.1 cm³/mol. The Morgan fingerprint density at radius 3 is 2.58 bits per heavy atom. The fourth-order valence-electron chi connectivity index (χ4n) is 3.10. The summed E-state index contributed by atoms with van der Waals surface area (Å²) in [5, 5.41) is 0. The quantitative estimate of drug-likeness (QED) is 0.852. The van der Waals surface area contributed by atoms with Gasteiger partial charge in [-0.2, -0.15) is 0 Å². The van der Waals surface area contributed by atoms with Gasteiger partial charge in [-0.1, -0.05) is 26.2 Å². The molecule has 19 heavy (non-hydrogen) atoms. The van der Waals surface area contributed by atoms with Crippen LogP contribution in [0.15, 0.2) is 0 Å². The molecule has 1 aliphatic rings. The number of esters is 1. The van der Waals surface area contributed by atoms with E-state index >= 15 is 0 Å². The SMILES string of the molecule is CCc1nc(C(=O)OC)c(N)n1C1(C)CCCCC1. The lowest BCUT2D eigenvalue weighted by Gasteiger charge is -2.37. The fraction of sp³-hybridized carbons (Fsp3) is 0.714. The maximum Gasteiger partial charge on any atom is 0.360 e. The van der Waals surface area contributed by atoms with Gasteiger partial charge < -0.3 is 15.0 Å². The van der Waals surface area contributed by atoms with Crippen molar-refractivity contribution in [2.75, 3.05) is 12.8 Å². The van der Waals surface area contributed by atoms with Gasteiger partial charge >= 0.3 is 5.97 Å². The molecule has 2 rings (SSSR count). The van der Waals surface area contributed by atoms with E-state index in [0.29, 0.717) is 5.82 Å². The number of carbonyl (C=O) groups excluding carboxylic acids is 1.